The van der Waals surface area contributed by atoms with Gasteiger partial charge in [-0.25, -0.2) is 4.79 Å². The first-order valence-corrected chi connectivity index (χ1v) is 6.17. The summed E-state index contributed by atoms with van der Waals surface area (Å²) in [6.07, 6.45) is -4.40. The van der Waals surface area contributed by atoms with E-state index in [4.69, 9.17) is 16.7 Å². The van der Waals surface area contributed by atoms with Crippen LogP contribution < -0.4 is 5.32 Å². The van der Waals surface area contributed by atoms with Gasteiger partial charge in [-0.1, -0.05) is 18.5 Å². The van der Waals surface area contributed by atoms with E-state index in [-0.39, 0.29) is 11.6 Å². The number of hydrogen-bond acceptors (Lipinski definition) is 3. The van der Waals surface area contributed by atoms with Crippen molar-refractivity contribution in [1.29, 1.82) is 0 Å². The summed E-state index contributed by atoms with van der Waals surface area (Å²) in [4.78, 5) is 10.9. The molecule has 1 rings (SSSR count). The summed E-state index contributed by atoms with van der Waals surface area (Å²) < 4.78 is 39.8. The molecule has 2 N–H and O–H groups in total. The molecular formula is C11H15ClF3N3O2. The highest BCUT2D eigenvalue weighted by molar-refractivity contribution is 6.31. The second-order valence-electron chi connectivity index (χ2n) is 4.47. The Balaban J connectivity index is 3.01. The number of carbonyl (C=O) groups is 1. The van der Waals surface area contributed by atoms with Crippen molar-refractivity contribution in [3.8, 4) is 0 Å². The highest BCUT2D eigenvalue weighted by Crippen LogP contribution is 2.31. The van der Waals surface area contributed by atoms with Crippen LogP contribution in [0, 0.1) is 0 Å². The van der Waals surface area contributed by atoms with Crippen molar-refractivity contribution in [2.24, 2.45) is 7.05 Å². The van der Waals surface area contributed by atoms with Gasteiger partial charge in [-0.15, -0.1) is 0 Å². The first kappa shape index (κ1) is 16.8. The molecule has 20 heavy (non-hydrogen) atoms. The van der Waals surface area contributed by atoms with Gasteiger partial charge in [0.25, 0.3) is 0 Å². The van der Waals surface area contributed by atoms with Gasteiger partial charge < -0.3 is 5.11 Å². The van der Waals surface area contributed by atoms with Gasteiger partial charge in [0.2, 0.25) is 5.54 Å². The third-order valence-electron chi connectivity index (χ3n) is 3.11. The van der Waals surface area contributed by atoms with E-state index in [0.717, 1.165) is 0 Å². The van der Waals surface area contributed by atoms with Crippen LogP contribution in [-0.4, -0.2) is 32.6 Å². The maximum atomic E-state index is 12.8. The fraction of sp³-hybridized carbons (Fsp3) is 0.636. The number of alkyl halides is 3. The predicted molar refractivity (Wildman–Crippen MR) is 66.5 cm³/mol. The molecule has 0 bridgehead atoms. The number of rotatable bonds is 5. The number of aromatic nitrogens is 2. The summed E-state index contributed by atoms with van der Waals surface area (Å²) >= 11 is 6.00. The standard InChI is InChI=1S/C11H15ClF3N3O2/c1-4-6-8(12)7(18(3)17-6)5-16-10(2,9(19)20)11(13,14)15/h16H,4-5H2,1-3H3,(H,19,20). The molecule has 0 fully saturated rings. The molecule has 0 aliphatic carbocycles. The number of nitrogens with zero attached hydrogens (tertiary/aromatic N) is 2. The van der Waals surface area contributed by atoms with Crippen LogP contribution in [0.1, 0.15) is 25.2 Å². The van der Waals surface area contributed by atoms with Crippen molar-refractivity contribution in [3.63, 3.8) is 0 Å². The predicted octanol–water partition coefficient (Wildman–Crippen LogP) is 2.13. The van der Waals surface area contributed by atoms with Gasteiger partial charge in [0.15, 0.2) is 0 Å². The Morgan fingerprint density at radius 3 is 2.40 bits per heavy atom. The lowest BCUT2D eigenvalue weighted by Gasteiger charge is -2.28. The van der Waals surface area contributed by atoms with Crippen LogP contribution in [0.4, 0.5) is 13.2 Å². The van der Waals surface area contributed by atoms with E-state index in [1.54, 1.807) is 0 Å². The normalized spacial score (nSPS) is 15.2. The summed E-state index contributed by atoms with van der Waals surface area (Å²) in [5.74, 6) is -2.00. The van der Waals surface area contributed by atoms with Crippen LogP contribution >= 0.6 is 11.6 Å². The quantitative estimate of drug-likeness (QED) is 0.874. The van der Waals surface area contributed by atoms with Crippen LogP contribution in [-0.2, 0) is 24.8 Å². The topological polar surface area (TPSA) is 67.2 Å². The third kappa shape index (κ3) is 2.90. The monoisotopic (exact) mass is 313 g/mol. The molecule has 0 aliphatic heterocycles. The molecule has 9 heteroatoms. The summed E-state index contributed by atoms with van der Waals surface area (Å²) in [7, 11) is 1.54. The molecular weight excluding hydrogens is 299 g/mol. The summed E-state index contributed by atoms with van der Waals surface area (Å²) in [6.45, 7) is 2.02. The Labute approximate surface area is 118 Å². The number of hydrogen-bond donors (Lipinski definition) is 2. The first-order chi connectivity index (χ1) is 9.04. The van der Waals surface area contributed by atoms with Crippen LogP contribution in [0.2, 0.25) is 5.02 Å². The Morgan fingerprint density at radius 2 is 2.05 bits per heavy atom. The average Bonchev–Trinajstić information content (AvgIpc) is 2.59. The molecule has 0 aliphatic rings. The van der Waals surface area contributed by atoms with E-state index >= 15 is 0 Å². The molecule has 0 amide bonds. The van der Waals surface area contributed by atoms with Gasteiger partial charge in [-0.05, 0) is 13.3 Å². The SMILES string of the molecule is CCc1nn(C)c(CNC(C)(C(=O)O)C(F)(F)F)c1Cl. The van der Waals surface area contributed by atoms with Crippen LogP contribution in [0.15, 0.2) is 0 Å². The minimum Gasteiger partial charge on any atom is -0.480 e. The first-order valence-electron chi connectivity index (χ1n) is 5.80. The minimum absolute atomic E-state index is 0.248. The molecule has 0 saturated carbocycles. The molecule has 1 aromatic heterocycles. The van der Waals surface area contributed by atoms with Crippen molar-refractivity contribution >= 4 is 17.6 Å². The van der Waals surface area contributed by atoms with E-state index in [9.17, 15) is 18.0 Å². The van der Waals surface area contributed by atoms with Gasteiger partial charge >= 0.3 is 12.1 Å². The second kappa shape index (κ2) is 5.61. The van der Waals surface area contributed by atoms with E-state index < -0.39 is 17.7 Å². The molecule has 0 spiro atoms. The maximum absolute atomic E-state index is 12.8. The van der Waals surface area contributed by atoms with Crippen LogP contribution in [0.3, 0.4) is 0 Å². The number of aliphatic carboxylic acids is 1. The van der Waals surface area contributed by atoms with Gasteiger partial charge in [-0.3, -0.25) is 10.00 Å². The molecule has 114 valence electrons. The fourth-order valence-electron chi connectivity index (χ4n) is 1.57. The Hall–Kier alpha value is -1.28. The Bertz CT molecular complexity index is 516. The van der Waals surface area contributed by atoms with Crippen LogP contribution in [0.5, 0.6) is 0 Å². The molecule has 0 radical (unpaired) electrons. The minimum atomic E-state index is -4.93. The zero-order chi connectivity index (χ0) is 15.7. The number of aryl methyl sites for hydroxylation is 2. The molecule has 0 aromatic carbocycles. The molecule has 1 unspecified atom stereocenters. The molecule has 1 atom stereocenters. The number of carboxylic acids is 1. The summed E-state index contributed by atoms with van der Waals surface area (Å²) in [6, 6.07) is 0. The lowest BCUT2D eigenvalue weighted by molar-refractivity contribution is -0.206. The van der Waals surface area contributed by atoms with Crippen molar-refractivity contribution in [2.75, 3.05) is 0 Å². The summed E-state index contributed by atoms with van der Waals surface area (Å²) in [5, 5.41) is 15.1. The van der Waals surface area contributed by atoms with E-state index in [0.29, 0.717) is 24.7 Å². The summed E-state index contributed by atoms with van der Waals surface area (Å²) in [5.41, 5.74) is -2.19. The zero-order valence-electron chi connectivity index (χ0n) is 11.2. The van der Waals surface area contributed by atoms with Crippen molar-refractivity contribution in [2.45, 2.75) is 38.5 Å². The molecule has 1 aromatic rings. The number of halogens is 4. The average molecular weight is 314 g/mol. The van der Waals surface area contributed by atoms with Gasteiger partial charge in [0, 0.05) is 13.6 Å². The molecule has 5 nitrogen and oxygen atoms in total. The fourth-order valence-corrected chi connectivity index (χ4v) is 1.93. The van der Waals surface area contributed by atoms with Gasteiger partial charge in [0.1, 0.15) is 0 Å². The smallest absolute Gasteiger partial charge is 0.417 e. The largest absolute Gasteiger partial charge is 0.480 e. The maximum Gasteiger partial charge on any atom is 0.417 e. The van der Waals surface area contributed by atoms with Crippen molar-refractivity contribution in [3.05, 3.63) is 16.4 Å². The molecule has 1 heterocycles. The molecule has 0 saturated heterocycles. The number of carboxylic acid groups (broad SMARTS) is 1. The van der Waals surface area contributed by atoms with Gasteiger partial charge in [0.05, 0.1) is 16.4 Å². The van der Waals surface area contributed by atoms with Crippen molar-refractivity contribution in [1.82, 2.24) is 15.1 Å². The van der Waals surface area contributed by atoms with Gasteiger partial charge in [-0.2, -0.15) is 18.3 Å². The zero-order valence-corrected chi connectivity index (χ0v) is 11.9. The van der Waals surface area contributed by atoms with Crippen molar-refractivity contribution < 1.29 is 23.1 Å². The Kier molecular flexibility index (Phi) is 4.70. The lowest BCUT2D eigenvalue weighted by Crippen LogP contribution is -2.59. The highest BCUT2D eigenvalue weighted by Gasteiger charge is 2.57. The van der Waals surface area contributed by atoms with Crippen LogP contribution in [0.25, 0.3) is 0 Å². The van der Waals surface area contributed by atoms with E-state index in [1.807, 2.05) is 12.2 Å². The lowest BCUT2D eigenvalue weighted by atomic mass is 10.0. The number of nitrogens with one attached hydrogen (secondary N) is 1. The Morgan fingerprint density at radius 1 is 1.50 bits per heavy atom. The third-order valence-corrected chi connectivity index (χ3v) is 3.54. The van der Waals surface area contributed by atoms with E-state index in [2.05, 4.69) is 5.10 Å². The second-order valence-corrected chi connectivity index (χ2v) is 4.84. The van der Waals surface area contributed by atoms with E-state index in [1.165, 1.54) is 11.7 Å². The highest BCUT2D eigenvalue weighted by atomic mass is 35.5.